The van der Waals surface area contributed by atoms with Crippen molar-refractivity contribution in [2.45, 2.75) is 11.8 Å². The summed E-state index contributed by atoms with van der Waals surface area (Å²) in [4.78, 5) is 22.7. The summed E-state index contributed by atoms with van der Waals surface area (Å²) in [7, 11) is -3.90. The summed E-state index contributed by atoms with van der Waals surface area (Å²) in [6, 6.07) is 17.9. The van der Waals surface area contributed by atoms with Crippen LogP contribution in [0.4, 0.5) is 17.1 Å². The standard InChI is InChI=1S/C20H17N3O5S/c1-14-5-2-8-17(11-14)22-29(27,28)19-10-3-6-15(12-19)20(24)21-16-7-4-9-18(13-16)23(25)26/h2-13,22H,1H3,(H,21,24). The minimum atomic E-state index is -3.90. The molecule has 0 unspecified atom stereocenters. The largest absolute Gasteiger partial charge is 0.322 e. The van der Waals surface area contributed by atoms with Crippen molar-refractivity contribution in [3.8, 4) is 0 Å². The van der Waals surface area contributed by atoms with Crippen LogP contribution in [0.2, 0.25) is 0 Å². The molecular weight excluding hydrogens is 394 g/mol. The molecule has 0 aliphatic carbocycles. The molecule has 0 saturated carbocycles. The van der Waals surface area contributed by atoms with Crippen LogP contribution >= 0.6 is 0 Å². The van der Waals surface area contributed by atoms with Gasteiger partial charge >= 0.3 is 0 Å². The number of aryl methyl sites for hydroxylation is 1. The van der Waals surface area contributed by atoms with Gasteiger partial charge in [-0.05, 0) is 48.9 Å². The van der Waals surface area contributed by atoms with Gasteiger partial charge in [0.25, 0.3) is 21.6 Å². The van der Waals surface area contributed by atoms with Gasteiger partial charge in [0, 0.05) is 29.1 Å². The van der Waals surface area contributed by atoms with E-state index in [0.29, 0.717) is 5.69 Å². The number of non-ortho nitro benzene ring substituents is 1. The minimum Gasteiger partial charge on any atom is -0.322 e. The van der Waals surface area contributed by atoms with Crippen LogP contribution in [0, 0.1) is 17.0 Å². The maximum Gasteiger partial charge on any atom is 0.271 e. The van der Waals surface area contributed by atoms with Gasteiger partial charge in [-0.15, -0.1) is 0 Å². The van der Waals surface area contributed by atoms with Crippen molar-refractivity contribution in [2.75, 3.05) is 10.0 Å². The number of nitro groups is 1. The normalized spacial score (nSPS) is 10.9. The second kappa shape index (κ2) is 8.11. The Balaban J connectivity index is 1.82. The van der Waals surface area contributed by atoms with Gasteiger partial charge in [0.15, 0.2) is 0 Å². The van der Waals surface area contributed by atoms with Crippen molar-refractivity contribution >= 4 is 33.0 Å². The third kappa shape index (κ3) is 4.96. The molecule has 0 spiro atoms. The van der Waals surface area contributed by atoms with Gasteiger partial charge in [0.05, 0.1) is 9.82 Å². The number of rotatable bonds is 6. The Kier molecular flexibility index (Phi) is 5.60. The molecule has 29 heavy (non-hydrogen) atoms. The van der Waals surface area contributed by atoms with Gasteiger partial charge in [0.1, 0.15) is 0 Å². The van der Waals surface area contributed by atoms with E-state index >= 15 is 0 Å². The Morgan fingerprint density at radius 2 is 1.62 bits per heavy atom. The molecule has 1 amide bonds. The molecule has 0 fully saturated rings. The number of carbonyl (C=O) groups is 1. The first-order valence-corrected chi connectivity index (χ1v) is 9.98. The topological polar surface area (TPSA) is 118 Å². The van der Waals surface area contributed by atoms with E-state index in [1.54, 1.807) is 18.2 Å². The Bertz CT molecular complexity index is 1190. The highest BCUT2D eigenvalue weighted by atomic mass is 32.2. The van der Waals surface area contributed by atoms with Crippen molar-refractivity contribution < 1.29 is 18.1 Å². The third-order valence-corrected chi connectivity index (χ3v) is 5.37. The summed E-state index contributed by atoms with van der Waals surface area (Å²) in [5.74, 6) is -0.585. The van der Waals surface area contributed by atoms with Crippen LogP contribution in [-0.4, -0.2) is 19.2 Å². The lowest BCUT2D eigenvalue weighted by atomic mass is 10.2. The molecule has 0 atom stereocenters. The third-order valence-electron chi connectivity index (χ3n) is 3.99. The first-order valence-electron chi connectivity index (χ1n) is 8.50. The summed E-state index contributed by atoms with van der Waals surface area (Å²) >= 11 is 0. The number of hydrogen-bond donors (Lipinski definition) is 2. The molecule has 3 aromatic carbocycles. The van der Waals surface area contributed by atoms with E-state index in [1.807, 2.05) is 13.0 Å². The number of nitrogens with zero attached hydrogens (tertiary/aromatic N) is 1. The molecule has 8 nitrogen and oxygen atoms in total. The average Bonchev–Trinajstić information content (AvgIpc) is 2.68. The number of sulfonamides is 1. The maximum atomic E-state index is 12.6. The quantitative estimate of drug-likeness (QED) is 0.470. The van der Waals surface area contributed by atoms with Crippen LogP contribution in [0.1, 0.15) is 15.9 Å². The second-order valence-electron chi connectivity index (χ2n) is 6.26. The number of nitro benzene ring substituents is 1. The summed E-state index contributed by atoms with van der Waals surface area (Å²) in [5, 5.41) is 13.4. The van der Waals surface area contributed by atoms with Crippen LogP contribution in [-0.2, 0) is 10.0 Å². The summed E-state index contributed by atoms with van der Waals surface area (Å²) in [5.41, 5.74) is 1.48. The van der Waals surface area contributed by atoms with Crippen LogP contribution in [0.15, 0.2) is 77.7 Å². The molecule has 0 aromatic heterocycles. The highest BCUT2D eigenvalue weighted by Gasteiger charge is 2.17. The van der Waals surface area contributed by atoms with Gasteiger partial charge in [-0.2, -0.15) is 0 Å². The molecule has 2 N–H and O–H groups in total. The summed E-state index contributed by atoms with van der Waals surface area (Å²) < 4.78 is 27.8. The van der Waals surface area contributed by atoms with Crippen molar-refractivity contribution in [1.82, 2.24) is 0 Å². The molecule has 3 rings (SSSR count). The van der Waals surface area contributed by atoms with E-state index in [0.717, 1.165) is 5.56 Å². The van der Waals surface area contributed by atoms with Crippen molar-refractivity contribution in [3.05, 3.63) is 94.0 Å². The molecule has 0 saturated heterocycles. The lowest BCUT2D eigenvalue weighted by molar-refractivity contribution is -0.384. The Morgan fingerprint density at radius 1 is 0.931 bits per heavy atom. The Hall–Kier alpha value is -3.72. The van der Waals surface area contributed by atoms with E-state index in [4.69, 9.17) is 0 Å². The fourth-order valence-electron chi connectivity index (χ4n) is 2.63. The Morgan fingerprint density at radius 3 is 2.34 bits per heavy atom. The smallest absolute Gasteiger partial charge is 0.271 e. The molecule has 0 heterocycles. The molecule has 3 aromatic rings. The second-order valence-corrected chi connectivity index (χ2v) is 7.95. The van der Waals surface area contributed by atoms with Gasteiger partial charge < -0.3 is 5.32 Å². The van der Waals surface area contributed by atoms with Crippen molar-refractivity contribution in [3.63, 3.8) is 0 Å². The first-order chi connectivity index (χ1) is 13.7. The van der Waals surface area contributed by atoms with Gasteiger partial charge in [-0.3, -0.25) is 19.6 Å². The van der Waals surface area contributed by atoms with Crippen molar-refractivity contribution in [1.29, 1.82) is 0 Å². The summed E-state index contributed by atoms with van der Waals surface area (Å²) in [6.45, 7) is 1.84. The molecular formula is C20H17N3O5S. The SMILES string of the molecule is Cc1cccc(NS(=O)(=O)c2cccc(C(=O)Nc3cccc([N+](=O)[O-])c3)c2)c1. The summed E-state index contributed by atoms with van der Waals surface area (Å²) in [6.07, 6.45) is 0. The number of benzene rings is 3. The van der Waals surface area contributed by atoms with E-state index in [-0.39, 0.29) is 21.8 Å². The predicted octanol–water partition coefficient (Wildman–Crippen LogP) is 3.96. The number of anilines is 2. The number of nitrogens with one attached hydrogen (secondary N) is 2. The zero-order chi connectivity index (χ0) is 21.0. The molecule has 0 aliphatic rings. The fraction of sp³-hybridized carbons (Fsp3) is 0.0500. The highest BCUT2D eigenvalue weighted by molar-refractivity contribution is 7.92. The zero-order valence-electron chi connectivity index (χ0n) is 15.3. The average molecular weight is 411 g/mol. The van der Waals surface area contributed by atoms with Gasteiger partial charge in [0.2, 0.25) is 0 Å². The van der Waals surface area contributed by atoms with Crippen LogP contribution < -0.4 is 10.0 Å². The maximum absolute atomic E-state index is 12.6. The number of carbonyl (C=O) groups excluding carboxylic acids is 1. The first kappa shape index (κ1) is 20.0. The van der Waals surface area contributed by atoms with Crippen molar-refractivity contribution in [2.24, 2.45) is 0 Å². The monoisotopic (exact) mass is 411 g/mol. The van der Waals surface area contributed by atoms with Gasteiger partial charge in [-0.1, -0.05) is 24.3 Å². The molecule has 0 bridgehead atoms. The van der Waals surface area contributed by atoms with E-state index in [9.17, 15) is 23.3 Å². The van der Waals surface area contributed by atoms with Gasteiger partial charge in [-0.25, -0.2) is 8.42 Å². The minimum absolute atomic E-state index is 0.0781. The number of hydrogen-bond acceptors (Lipinski definition) is 5. The lowest BCUT2D eigenvalue weighted by Gasteiger charge is -2.10. The molecule has 9 heteroatoms. The highest BCUT2D eigenvalue weighted by Crippen LogP contribution is 2.20. The predicted molar refractivity (Wildman–Crippen MR) is 109 cm³/mol. The van der Waals surface area contributed by atoms with Crippen LogP contribution in [0.3, 0.4) is 0 Å². The fourth-order valence-corrected chi connectivity index (χ4v) is 3.72. The van der Waals surface area contributed by atoms with E-state index < -0.39 is 20.9 Å². The molecule has 148 valence electrons. The molecule has 0 radical (unpaired) electrons. The van der Waals surface area contributed by atoms with Crippen LogP contribution in [0.5, 0.6) is 0 Å². The lowest BCUT2D eigenvalue weighted by Crippen LogP contribution is -2.16. The zero-order valence-corrected chi connectivity index (χ0v) is 16.1. The number of amides is 1. The van der Waals surface area contributed by atoms with E-state index in [1.165, 1.54) is 48.5 Å². The van der Waals surface area contributed by atoms with Crippen LogP contribution in [0.25, 0.3) is 0 Å². The Labute approximate surface area is 167 Å². The molecule has 0 aliphatic heterocycles. The van der Waals surface area contributed by atoms with E-state index in [2.05, 4.69) is 10.0 Å².